The van der Waals surface area contributed by atoms with Gasteiger partial charge in [-0.15, -0.1) is 0 Å². The molecular formula is C20H21BrN4. The fraction of sp³-hybridized carbons (Fsp3) is 0.200. The summed E-state index contributed by atoms with van der Waals surface area (Å²) >= 11 is 3.46. The van der Waals surface area contributed by atoms with Crippen LogP contribution in [0.5, 0.6) is 0 Å². The molecule has 2 aromatic carbocycles. The summed E-state index contributed by atoms with van der Waals surface area (Å²) in [6.07, 6.45) is 0. The molecule has 25 heavy (non-hydrogen) atoms. The fourth-order valence-electron chi connectivity index (χ4n) is 2.41. The van der Waals surface area contributed by atoms with E-state index in [0.717, 1.165) is 21.5 Å². The van der Waals surface area contributed by atoms with Gasteiger partial charge in [0.05, 0.1) is 5.69 Å². The van der Waals surface area contributed by atoms with Crippen molar-refractivity contribution in [3.8, 4) is 11.3 Å². The summed E-state index contributed by atoms with van der Waals surface area (Å²) in [7, 11) is 0. The second-order valence-electron chi connectivity index (χ2n) is 6.11. The number of anilines is 2. The number of nitrogens with one attached hydrogen (secondary N) is 2. The van der Waals surface area contributed by atoms with Crippen LogP contribution in [0, 0.1) is 0 Å². The van der Waals surface area contributed by atoms with Crippen LogP contribution in [0.3, 0.4) is 0 Å². The Labute approximate surface area is 156 Å². The molecule has 0 saturated carbocycles. The van der Waals surface area contributed by atoms with Crippen molar-refractivity contribution >= 4 is 27.7 Å². The SMILES string of the molecule is CC(C)Nc1nc(NCc2ccc(Br)cc2)cc(-c2ccccc2)n1. The highest BCUT2D eigenvalue weighted by atomic mass is 79.9. The minimum absolute atomic E-state index is 0.269. The third kappa shape index (κ3) is 5.03. The Morgan fingerprint density at radius 3 is 2.36 bits per heavy atom. The van der Waals surface area contributed by atoms with Crippen LogP contribution in [-0.2, 0) is 6.54 Å². The van der Waals surface area contributed by atoms with Gasteiger partial charge in [0.2, 0.25) is 5.95 Å². The Bertz CT molecular complexity index is 817. The Morgan fingerprint density at radius 1 is 0.960 bits per heavy atom. The molecule has 1 heterocycles. The van der Waals surface area contributed by atoms with Gasteiger partial charge in [-0.3, -0.25) is 0 Å². The maximum Gasteiger partial charge on any atom is 0.225 e. The van der Waals surface area contributed by atoms with Crippen molar-refractivity contribution in [3.63, 3.8) is 0 Å². The average molecular weight is 397 g/mol. The summed E-state index contributed by atoms with van der Waals surface area (Å²) in [6, 6.07) is 20.7. The number of aromatic nitrogens is 2. The van der Waals surface area contributed by atoms with Gasteiger partial charge < -0.3 is 10.6 Å². The molecule has 0 fully saturated rings. The second kappa shape index (κ2) is 8.12. The smallest absolute Gasteiger partial charge is 0.225 e. The van der Waals surface area contributed by atoms with Crippen molar-refractivity contribution in [3.05, 3.63) is 70.7 Å². The molecule has 0 radical (unpaired) electrons. The first kappa shape index (κ1) is 17.4. The fourth-order valence-corrected chi connectivity index (χ4v) is 2.68. The van der Waals surface area contributed by atoms with Gasteiger partial charge in [-0.1, -0.05) is 58.4 Å². The van der Waals surface area contributed by atoms with E-state index >= 15 is 0 Å². The number of hydrogen-bond acceptors (Lipinski definition) is 4. The van der Waals surface area contributed by atoms with E-state index in [1.165, 1.54) is 5.56 Å². The number of benzene rings is 2. The molecule has 0 aliphatic rings. The molecule has 3 rings (SSSR count). The lowest BCUT2D eigenvalue weighted by Gasteiger charge is -2.13. The number of halogens is 1. The van der Waals surface area contributed by atoms with Crippen LogP contribution in [-0.4, -0.2) is 16.0 Å². The normalized spacial score (nSPS) is 10.7. The number of nitrogens with zero attached hydrogens (tertiary/aromatic N) is 2. The van der Waals surface area contributed by atoms with E-state index in [9.17, 15) is 0 Å². The van der Waals surface area contributed by atoms with E-state index in [1.807, 2.05) is 36.4 Å². The molecular weight excluding hydrogens is 376 g/mol. The lowest BCUT2D eigenvalue weighted by Crippen LogP contribution is -2.14. The Morgan fingerprint density at radius 2 is 1.68 bits per heavy atom. The highest BCUT2D eigenvalue weighted by Gasteiger charge is 2.08. The summed E-state index contributed by atoms with van der Waals surface area (Å²) in [5, 5.41) is 6.69. The maximum atomic E-state index is 4.64. The molecule has 0 aliphatic heterocycles. The summed E-state index contributed by atoms with van der Waals surface area (Å²) in [4.78, 5) is 9.23. The molecule has 1 aromatic heterocycles. The first-order chi connectivity index (χ1) is 12.1. The van der Waals surface area contributed by atoms with Crippen molar-refractivity contribution in [2.75, 3.05) is 10.6 Å². The lowest BCUT2D eigenvalue weighted by atomic mass is 10.1. The van der Waals surface area contributed by atoms with Crippen molar-refractivity contribution in [2.24, 2.45) is 0 Å². The molecule has 0 saturated heterocycles. The van der Waals surface area contributed by atoms with Gasteiger partial charge in [0.25, 0.3) is 0 Å². The quantitative estimate of drug-likeness (QED) is 0.590. The Hall–Kier alpha value is -2.40. The van der Waals surface area contributed by atoms with Crippen LogP contribution >= 0.6 is 15.9 Å². The predicted molar refractivity (Wildman–Crippen MR) is 108 cm³/mol. The summed E-state index contributed by atoms with van der Waals surface area (Å²) in [5.74, 6) is 1.44. The molecule has 0 aliphatic carbocycles. The number of rotatable bonds is 6. The Kier molecular flexibility index (Phi) is 5.66. The molecule has 0 spiro atoms. The predicted octanol–water partition coefficient (Wildman–Crippen LogP) is 5.34. The molecule has 5 heteroatoms. The molecule has 4 nitrogen and oxygen atoms in total. The van der Waals surface area contributed by atoms with Gasteiger partial charge in [-0.05, 0) is 31.5 Å². The van der Waals surface area contributed by atoms with E-state index in [-0.39, 0.29) is 6.04 Å². The average Bonchev–Trinajstić information content (AvgIpc) is 2.61. The van der Waals surface area contributed by atoms with Crippen molar-refractivity contribution in [2.45, 2.75) is 26.4 Å². The minimum Gasteiger partial charge on any atom is -0.366 e. The van der Waals surface area contributed by atoms with Gasteiger partial charge in [0.1, 0.15) is 5.82 Å². The van der Waals surface area contributed by atoms with Gasteiger partial charge in [0.15, 0.2) is 0 Å². The third-order valence-corrected chi connectivity index (χ3v) is 4.13. The zero-order valence-electron chi connectivity index (χ0n) is 14.3. The van der Waals surface area contributed by atoms with Crippen LogP contribution < -0.4 is 10.6 Å². The summed E-state index contributed by atoms with van der Waals surface area (Å²) in [5.41, 5.74) is 3.17. The first-order valence-corrected chi connectivity index (χ1v) is 9.09. The Balaban J connectivity index is 1.85. The largest absolute Gasteiger partial charge is 0.366 e. The van der Waals surface area contributed by atoms with Gasteiger partial charge in [-0.25, -0.2) is 4.98 Å². The van der Waals surface area contributed by atoms with Gasteiger partial charge >= 0.3 is 0 Å². The highest BCUT2D eigenvalue weighted by Crippen LogP contribution is 2.22. The molecule has 128 valence electrons. The van der Waals surface area contributed by atoms with Crippen molar-refractivity contribution in [1.82, 2.24) is 9.97 Å². The molecule has 0 atom stereocenters. The molecule has 3 aromatic rings. The lowest BCUT2D eigenvalue weighted by molar-refractivity contribution is 0.874. The minimum atomic E-state index is 0.269. The molecule has 0 amide bonds. The van der Waals surface area contributed by atoms with E-state index in [4.69, 9.17) is 0 Å². The van der Waals surface area contributed by atoms with Crippen molar-refractivity contribution < 1.29 is 0 Å². The third-order valence-electron chi connectivity index (χ3n) is 3.60. The van der Waals surface area contributed by atoms with Crippen molar-refractivity contribution in [1.29, 1.82) is 0 Å². The van der Waals surface area contributed by atoms with E-state index < -0.39 is 0 Å². The zero-order valence-corrected chi connectivity index (χ0v) is 15.9. The maximum absolute atomic E-state index is 4.64. The van der Waals surface area contributed by atoms with E-state index in [2.05, 4.69) is 74.6 Å². The van der Waals surface area contributed by atoms with E-state index in [1.54, 1.807) is 0 Å². The standard InChI is InChI=1S/C20H21BrN4/c1-14(2)23-20-24-18(16-6-4-3-5-7-16)12-19(25-20)22-13-15-8-10-17(21)11-9-15/h3-12,14H,13H2,1-2H3,(H2,22,23,24,25). The molecule has 0 bridgehead atoms. The van der Waals surface area contributed by atoms with Gasteiger partial charge in [0, 0.05) is 28.7 Å². The summed E-state index contributed by atoms with van der Waals surface area (Å²) < 4.78 is 1.08. The van der Waals surface area contributed by atoms with Gasteiger partial charge in [-0.2, -0.15) is 4.98 Å². The topological polar surface area (TPSA) is 49.8 Å². The van der Waals surface area contributed by atoms with Crippen LogP contribution in [0.25, 0.3) is 11.3 Å². The van der Waals surface area contributed by atoms with Crippen LogP contribution in [0.2, 0.25) is 0 Å². The van der Waals surface area contributed by atoms with E-state index in [0.29, 0.717) is 12.5 Å². The monoisotopic (exact) mass is 396 g/mol. The molecule has 2 N–H and O–H groups in total. The van der Waals surface area contributed by atoms with Crippen LogP contribution in [0.4, 0.5) is 11.8 Å². The zero-order chi connectivity index (χ0) is 17.6. The van der Waals surface area contributed by atoms with Crippen LogP contribution in [0.1, 0.15) is 19.4 Å². The molecule has 0 unspecified atom stereocenters. The first-order valence-electron chi connectivity index (χ1n) is 8.29. The number of hydrogen-bond donors (Lipinski definition) is 2. The highest BCUT2D eigenvalue weighted by molar-refractivity contribution is 9.10. The second-order valence-corrected chi connectivity index (χ2v) is 7.02. The van der Waals surface area contributed by atoms with Crippen LogP contribution in [0.15, 0.2) is 65.1 Å². The summed E-state index contributed by atoms with van der Waals surface area (Å²) in [6.45, 7) is 4.86.